The SMILES string of the molecule is Cc1ccc(S(=O)[C@@H]2CCC[C@H]2O)cc1. The molecule has 1 aromatic rings. The summed E-state index contributed by atoms with van der Waals surface area (Å²) in [6.07, 6.45) is 2.28. The molecule has 1 saturated carbocycles. The van der Waals surface area contributed by atoms with Crippen molar-refractivity contribution in [1.29, 1.82) is 0 Å². The number of hydrogen-bond donors (Lipinski definition) is 1. The van der Waals surface area contributed by atoms with Gasteiger partial charge in [0.25, 0.3) is 0 Å². The van der Waals surface area contributed by atoms with Crippen LogP contribution >= 0.6 is 0 Å². The molecule has 3 heteroatoms. The lowest BCUT2D eigenvalue weighted by atomic mass is 10.2. The van der Waals surface area contributed by atoms with Gasteiger partial charge in [0.1, 0.15) is 0 Å². The smallest absolute Gasteiger partial charge is 0.0687 e. The maximum atomic E-state index is 12.1. The molecule has 1 aliphatic rings. The standard InChI is InChI=1S/C12H16O2S/c1-9-5-7-10(8-6-9)15(14)12-4-2-3-11(12)13/h5-8,11-13H,2-4H2,1H3/t11-,12-,15?/m1/s1. The highest BCUT2D eigenvalue weighted by atomic mass is 32.2. The zero-order valence-electron chi connectivity index (χ0n) is 8.85. The average molecular weight is 224 g/mol. The van der Waals surface area contributed by atoms with Crippen LogP contribution in [0.2, 0.25) is 0 Å². The van der Waals surface area contributed by atoms with Gasteiger partial charge >= 0.3 is 0 Å². The summed E-state index contributed by atoms with van der Waals surface area (Å²) in [5, 5.41) is 9.62. The molecule has 0 amide bonds. The third-order valence-electron chi connectivity index (χ3n) is 2.95. The van der Waals surface area contributed by atoms with Crippen LogP contribution in [0.4, 0.5) is 0 Å². The first-order chi connectivity index (χ1) is 7.18. The van der Waals surface area contributed by atoms with E-state index in [4.69, 9.17) is 0 Å². The molecule has 0 aliphatic heterocycles. The Kier molecular flexibility index (Phi) is 3.22. The molecule has 15 heavy (non-hydrogen) atoms. The van der Waals surface area contributed by atoms with Crippen molar-refractivity contribution in [3.63, 3.8) is 0 Å². The largest absolute Gasteiger partial charge is 0.392 e. The molecule has 0 radical (unpaired) electrons. The minimum Gasteiger partial charge on any atom is -0.392 e. The minimum atomic E-state index is -1.05. The predicted molar refractivity (Wildman–Crippen MR) is 61.2 cm³/mol. The quantitative estimate of drug-likeness (QED) is 0.834. The van der Waals surface area contributed by atoms with Gasteiger partial charge in [-0.1, -0.05) is 17.7 Å². The van der Waals surface area contributed by atoms with E-state index < -0.39 is 10.8 Å². The zero-order chi connectivity index (χ0) is 10.8. The van der Waals surface area contributed by atoms with E-state index in [0.29, 0.717) is 0 Å². The minimum absolute atomic E-state index is 0.0623. The van der Waals surface area contributed by atoms with Crippen molar-refractivity contribution in [3.05, 3.63) is 29.8 Å². The number of benzene rings is 1. The molecular formula is C12H16O2S. The van der Waals surface area contributed by atoms with Crippen LogP contribution in [0.15, 0.2) is 29.2 Å². The molecular weight excluding hydrogens is 208 g/mol. The molecule has 2 nitrogen and oxygen atoms in total. The van der Waals surface area contributed by atoms with E-state index in [1.165, 1.54) is 5.56 Å². The molecule has 0 heterocycles. The molecule has 1 N–H and O–H groups in total. The molecule has 1 unspecified atom stereocenters. The summed E-state index contributed by atoms with van der Waals surface area (Å²) in [5.41, 5.74) is 1.17. The summed E-state index contributed by atoms with van der Waals surface area (Å²) < 4.78 is 12.1. The third kappa shape index (κ3) is 2.29. The monoisotopic (exact) mass is 224 g/mol. The second-order valence-corrected chi connectivity index (χ2v) is 5.82. The van der Waals surface area contributed by atoms with Crippen LogP contribution in [0.1, 0.15) is 24.8 Å². The van der Waals surface area contributed by atoms with E-state index in [9.17, 15) is 9.32 Å². The van der Waals surface area contributed by atoms with Crippen molar-refractivity contribution in [2.45, 2.75) is 42.4 Å². The average Bonchev–Trinajstić information content (AvgIpc) is 2.65. The topological polar surface area (TPSA) is 37.3 Å². The van der Waals surface area contributed by atoms with Crippen molar-refractivity contribution in [3.8, 4) is 0 Å². The molecule has 82 valence electrons. The Bertz CT molecular complexity index is 358. The molecule has 1 aliphatic carbocycles. The zero-order valence-corrected chi connectivity index (χ0v) is 9.67. The van der Waals surface area contributed by atoms with E-state index in [0.717, 1.165) is 24.2 Å². The molecule has 1 aromatic carbocycles. The Hall–Kier alpha value is -0.670. The molecule has 2 rings (SSSR count). The van der Waals surface area contributed by atoms with Crippen molar-refractivity contribution >= 4 is 10.8 Å². The summed E-state index contributed by atoms with van der Waals surface area (Å²) in [4.78, 5) is 0.839. The number of aliphatic hydroxyl groups excluding tert-OH is 1. The van der Waals surface area contributed by atoms with E-state index in [2.05, 4.69) is 0 Å². The number of hydrogen-bond acceptors (Lipinski definition) is 2. The Balaban J connectivity index is 2.17. The summed E-state index contributed by atoms with van der Waals surface area (Å²) >= 11 is 0. The normalized spacial score (nSPS) is 27.9. The maximum absolute atomic E-state index is 12.1. The molecule has 1 fully saturated rings. The van der Waals surface area contributed by atoms with Crippen molar-refractivity contribution in [2.75, 3.05) is 0 Å². The fraction of sp³-hybridized carbons (Fsp3) is 0.500. The van der Waals surface area contributed by atoms with Gasteiger partial charge in [0, 0.05) is 4.90 Å². The summed E-state index contributed by atoms with van der Waals surface area (Å²) in [6, 6.07) is 7.73. The highest BCUT2D eigenvalue weighted by Gasteiger charge is 2.30. The van der Waals surface area contributed by atoms with Crippen molar-refractivity contribution in [1.82, 2.24) is 0 Å². The number of aryl methyl sites for hydroxylation is 1. The fourth-order valence-electron chi connectivity index (χ4n) is 2.00. The van der Waals surface area contributed by atoms with E-state index in [-0.39, 0.29) is 11.4 Å². The first-order valence-corrected chi connectivity index (χ1v) is 6.55. The Morgan fingerprint density at radius 3 is 2.47 bits per heavy atom. The molecule has 0 spiro atoms. The van der Waals surface area contributed by atoms with Gasteiger partial charge in [-0.2, -0.15) is 0 Å². The van der Waals surface area contributed by atoms with Gasteiger partial charge in [-0.15, -0.1) is 0 Å². The van der Waals surface area contributed by atoms with E-state index in [1.807, 2.05) is 31.2 Å². The van der Waals surface area contributed by atoms with Gasteiger partial charge in [-0.3, -0.25) is 4.21 Å². The van der Waals surface area contributed by atoms with Crippen LogP contribution in [-0.4, -0.2) is 20.7 Å². The van der Waals surface area contributed by atoms with Crippen LogP contribution in [0.5, 0.6) is 0 Å². The van der Waals surface area contributed by atoms with Crippen LogP contribution < -0.4 is 0 Å². The van der Waals surface area contributed by atoms with Crippen LogP contribution in [-0.2, 0) is 10.8 Å². The van der Waals surface area contributed by atoms with Crippen LogP contribution in [0.25, 0.3) is 0 Å². The predicted octanol–water partition coefficient (Wildman–Crippen LogP) is 2.02. The van der Waals surface area contributed by atoms with E-state index in [1.54, 1.807) is 0 Å². The number of rotatable bonds is 2. The maximum Gasteiger partial charge on any atom is 0.0687 e. The van der Waals surface area contributed by atoms with Crippen molar-refractivity contribution < 1.29 is 9.32 Å². The highest BCUT2D eigenvalue weighted by molar-refractivity contribution is 7.85. The lowest BCUT2D eigenvalue weighted by molar-refractivity contribution is 0.186. The Labute approximate surface area is 92.8 Å². The molecule has 0 saturated heterocycles. The van der Waals surface area contributed by atoms with Gasteiger partial charge in [-0.25, -0.2) is 0 Å². The van der Waals surface area contributed by atoms with Crippen LogP contribution in [0, 0.1) is 6.92 Å². The summed E-state index contributed by atoms with van der Waals surface area (Å²) in [5.74, 6) is 0. The molecule has 0 aromatic heterocycles. The van der Waals surface area contributed by atoms with Gasteiger partial charge in [0.15, 0.2) is 0 Å². The summed E-state index contributed by atoms with van der Waals surface area (Å²) in [7, 11) is -1.05. The van der Waals surface area contributed by atoms with Gasteiger partial charge in [-0.05, 0) is 38.3 Å². The first kappa shape index (κ1) is 10.8. The lowest BCUT2D eigenvalue weighted by Gasteiger charge is -2.13. The van der Waals surface area contributed by atoms with Gasteiger partial charge in [0.05, 0.1) is 22.2 Å². The Morgan fingerprint density at radius 1 is 1.27 bits per heavy atom. The molecule has 0 bridgehead atoms. The molecule has 3 atom stereocenters. The summed E-state index contributed by atoms with van der Waals surface area (Å²) in [6.45, 7) is 2.01. The third-order valence-corrected chi connectivity index (χ3v) is 4.78. The fourth-order valence-corrected chi connectivity index (χ4v) is 3.56. The van der Waals surface area contributed by atoms with Crippen molar-refractivity contribution in [2.24, 2.45) is 0 Å². The Morgan fingerprint density at radius 2 is 1.93 bits per heavy atom. The lowest BCUT2D eigenvalue weighted by Crippen LogP contribution is -2.24. The number of aliphatic hydroxyl groups is 1. The highest BCUT2D eigenvalue weighted by Crippen LogP contribution is 2.27. The second-order valence-electron chi connectivity index (χ2n) is 4.15. The second kappa shape index (κ2) is 4.45. The van der Waals surface area contributed by atoms with Gasteiger partial charge in [0.2, 0.25) is 0 Å². The first-order valence-electron chi connectivity index (χ1n) is 5.34. The van der Waals surface area contributed by atoms with Gasteiger partial charge < -0.3 is 5.11 Å². The van der Waals surface area contributed by atoms with E-state index >= 15 is 0 Å². The van der Waals surface area contributed by atoms with Crippen LogP contribution in [0.3, 0.4) is 0 Å².